The van der Waals surface area contributed by atoms with Crippen LogP contribution in [0.15, 0.2) is 0 Å². The van der Waals surface area contributed by atoms with E-state index in [4.69, 9.17) is 4.74 Å². The van der Waals surface area contributed by atoms with Crippen LogP contribution in [-0.4, -0.2) is 25.2 Å². The van der Waals surface area contributed by atoms with Crippen molar-refractivity contribution in [3.63, 3.8) is 0 Å². The molecular weight excluding hydrogens is 202 g/mol. The second-order valence-electron chi connectivity index (χ2n) is 5.70. The highest BCUT2D eigenvalue weighted by atomic mass is 16.5. The predicted molar refractivity (Wildman–Crippen MR) is 65.2 cm³/mol. The van der Waals surface area contributed by atoms with Crippen molar-refractivity contribution in [2.24, 2.45) is 11.3 Å². The van der Waals surface area contributed by atoms with Crippen molar-refractivity contribution in [3.05, 3.63) is 0 Å². The van der Waals surface area contributed by atoms with E-state index in [0.29, 0.717) is 11.5 Å². The van der Waals surface area contributed by atoms with Gasteiger partial charge in [0.25, 0.3) is 0 Å². The summed E-state index contributed by atoms with van der Waals surface area (Å²) in [5.41, 5.74) is 0.351. The lowest BCUT2D eigenvalue weighted by atomic mass is 9.86. The Morgan fingerprint density at radius 3 is 2.50 bits per heavy atom. The zero-order chi connectivity index (χ0) is 12.3. The first-order valence-corrected chi connectivity index (χ1v) is 6.22. The number of hydrogen-bond donors (Lipinski definition) is 1. The molecule has 1 N–H and O–H groups in total. The Labute approximate surface area is 98.9 Å². The highest BCUT2D eigenvalue weighted by molar-refractivity contribution is 5.72. The summed E-state index contributed by atoms with van der Waals surface area (Å²) < 4.78 is 4.77. The third kappa shape index (κ3) is 2.97. The molecule has 3 unspecified atom stereocenters. The minimum atomic E-state index is -0.129. The highest BCUT2D eigenvalue weighted by Crippen LogP contribution is 2.37. The summed E-state index contributed by atoms with van der Waals surface area (Å²) in [5.74, 6) is -0.211. The normalized spacial score (nSPS) is 27.4. The topological polar surface area (TPSA) is 38.3 Å². The van der Waals surface area contributed by atoms with E-state index in [9.17, 15) is 4.79 Å². The minimum absolute atomic E-state index is 0.0820. The molecule has 0 aromatic carbocycles. The lowest BCUT2D eigenvalue weighted by molar-refractivity contribution is -0.145. The van der Waals surface area contributed by atoms with E-state index in [1.54, 1.807) is 0 Å². The Kier molecular flexibility index (Phi) is 4.36. The number of methoxy groups -OCH3 is 1. The molecule has 1 aliphatic carbocycles. The highest BCUT2D eigenvalue weighted by Gasteiger charge is 2.36. The summed E-state index contributed by atoms with van der Waals surface area (Å²) >= 11 is 0. The van der Waals surface area contributed by atoms with Crippen molar-refractivity contribution in [1.82, 2.24) is 5.32 Å². The zero-order valence-electron chi connectivity index (χ0n) is 11.2. The molecule has 0 aromatic heterocycles. The van der Waals surface area contributed by atoms with Crippen LogP contribution in [0.5, 0.6) is 0 Å². The van der Waals surface area contributed by atoms with Gasteiger partial charge in [0.2, 0.25) is 0 Å². The maximum absolute atomic E-state index is 11.4. The Bertz CT molecular complexity index is 250. The van der Waals surface area contributed by atoms with Crippen LogP contribution >= 0.6 is 0 Å². The molecule has 16 heavy (non-hydrogen) atoms. The first-order valence-electron chi connectivity index (χ1n) is 6.22. The minimum Gasteiger partial charge on any atom is -0.469 e. The summed E-state index contributed by atoms with van der Waals surface area (Å²) in [7, 11) is 1.45. The molecule has 1 aliphatic rings. The third-order valence-electron chi connectivity index (χ3n) is 4.04. The average Bonchev–Trinajstić information content (AvgIpc) is 2.56. The fraction of sp³-hybridized carbons (Fsp3) is 0.923. The fourth-order valence-corrected chi connectivity index (χ4v) is 2.49. The van der Waals surface area contributed by atoms with Crippen LogP contribution in [-0.2, 0) is 9.53 Å². The molecule has 94 valence electrons. The molecule has 0 heterocycles. The second kappa shape index (κ2) is 5.17. The molecule has 1 rings (SSSR count). The number of carbonyl (C=O) groups excluding carboxylic acids is 1. The van der Waals surface area contributed by atoms with Gasteiger partial charge in [-0.2, -0.15) is 0 Å². The van der Waals surface area contributed by atoms with E-state index in [2.05, 4.69) is 26.1 Å². The average molecular weight is 227 g/mol. The van der Waals surface area contributed by atoms with Crippen LogP contribution in [0.4, 0.5) is 0 Å². The maximum atomic E-state index is 11.4. The summed E-state index contributed by atoms with van der Waals surface area (Å²) in [4.78, 5) is 11.4. The van der Waals surface area contributed by atoms with Crippen molar-refractivity contribution < 1.29 is 9.53 Å². The molecule has 0 aromatic rings. The van der Waals surface area contributed by atoms with Gasteiger partial charge in [0.15, 0.2) is 0 Å². The van der Waals surface area contributed by atoms with E-state index in [1.807, 2.05) is 6.92 Å². The Morgan fingerprint density at radius 2 is 2.06 bits per heavy atom. The van der Waals surface area contributed by atoms with E-state index in [-0.39, 0.29) is 17.9 Å². The molecule has 0 spiro atoms. The fourth-order valence-electron chi connectivity index (χ4n) is 2.49. The van der Waals surface area contributed by atoms with Crippen molar-refractivity contribution in [3.8, 4) is 0 Å². The van der Waals surface area contributed by atoms with Crippen LogP contribution < -0.4 is 5.32 Å². The van der Waals surface area contributed by atoms with E-state index in [1.165, 1.54) is 26.4 Å². The smallest absolute Gasteiger partial charge is 0.309 e. The van der Waals surface area contributed by atoms with Gasteiger partial charge < -0.3 is 10.1 Å². The van der Waals surface area contributed by atoms with Crippen LogP contribution in [0.2, 0.25) is 0 Å². The maximum Gasteiger partial charge on any atom is 0.309 e. The second-order valence-corrected chi connectivity index (χ2v) is 5.70. The summed E-state index contributed by atoms with van der Waals surface area (Å²) in [5, 5.41) is 3.58. The van der Waals surface area contributed by atoms with Gasteiger partial charge in [0.05, 0.1) is 13.0 Å². The number of nitrogens with one attached hydrogen (secondary N) is 1. The standard InChI is InChI=1S/C13H25NO2/c1-9(12(15)16-5)10(2)14-11-7-6-8-13(11,3)4/h9-11,14H,6-8H2,1-5H3. The number of rotatable bonds is 4. The van der Waals surface area contributed by atoms with Gasteiger partial charge in [-0.15, -0.1) is 0 Å². The van der Waals surface area contributed by atoms with Gasteiger partial charge in [-0.3, -0.25) is 4.79 Å². The molecule has 0 amide bonds. The number of carbonyl (C=O) groups is 1. The SMILES string of the molecule is COC(=O)C(C)C(C)NC1CCCC1(C)C. The summed E-state index contributed by atoms with van der Waals surface area (Å²) in [6, 6.07) is 0.699. The predicted octanol–water partition coefficient (Wildman–Crippen LogP) is 2.35. The Balaban J connectivity index is 2.51. The molecule has 1 saturated carbocycles. The molecule has 3 nitrogen and oxygen atoms in total. The van der Waals surface area contributed by atoms with Gasteiger partial charge in [-0.1, -0.05) is 27.2 Å². The van der Waals surface area contributed by atoms with Crippen LogP contribution in [0.3, 0.4) is 0 Å². The molecule has 3 atom stereocenters. The summed E-state index contributed by atoms with van der Waals surface area (Å²) in [6.07, 6.45) is 3.76. The lowest BCUT2D eigenvalue weighted by Gasteiger charge is -2.32. The zero-order valence-corrected chi connectivity index (χ0v) is 11.2. The molecule has 0 aliphatic heterocycles. The van der Waals surface area contributed by atoms with Gasteiger partial charge in [-0.05, 0) is 25.2 Å². The Morgan fingerprint density at radius 1 is 1.44 bits per heavy atom. The van der Waals surface area contributed by atoms with Gasteiger partial charge in [0, 0.05) is 12.1 Å². The molecular formula is C13H25NO2. The van der Waals surface area contributed by atoms with Gasteiger partial charge >= 0.3 is 5.97 Å². The van der Waals surface area contributed by atoms with E-state index < -0.39 is 0 Å². The first-order chi connectivity index (χ1) is 7.38. The van der Waals surface area contributed by atoms with Crippen molar-refractivity contribution >= 4 is 5.97 Å². The van der Waals surface area contributed by atoms with Crippen LogP contribution in [0, 0.1) is 11.3 Å². The quantitative estimate of drug-likeness (QED) is 0.749. The molecule has 0 radical (unpaired) electrons. The van der Waals surface area contributed by atoms with Crippen LogP contribution in [0.1, 0.15) is 47.0 Å². The largest absolute Gasteiger partial charge is 0.469 e. The monoisotopic (exact) mass is 227 g/mol. The molecule has 0 saturated heterocycles. The number of esters is 1. The van der Waals surface area contributed by atoms with E-state index >= 15 is 0 Å². The van der Waals surface area contributed by atoms with Crippen molar-refractivity contribution in [1.29, 1.82) is 0 Å². The van der Waals surface area contributed by atoms with E-state index in [0.717, 1.165) is 0 Å². The van der Waals surface area contributed by atoms with Gasteiger partial charge in [0.1, 0.15) is 0 Å². The third-order valence-corrected chi connectivity index (χ3v) is 4.04. The number of ether oxygens (including phenoxy) is 1. The van der Waals surface area contributed by atoms with Crippen molar-refractivity contribution in [2.75, 3.05) is 7.11 Å². The van der Waals surface area contributed by atoms with Gasteiger partial charge in [-0.25, -0.2) is 0 Å². The molecule has 1 fully saturated rings. The lowest BCUT2D eigenvalue weighted by Crippen LogP contribution is -2.47. The summed E-state index contributed by atoms with van der Waals surface area (Å²) in [6.45, 7) is 8.59. The Hall–Kier alpha value is -0.570. The first kappa shape index (κ1) is 13.5. The van der Waals surface area contributed by atoms with Crippen molar-refractivity contribution in [2.45, 2.75) is 59.0 Å². The molecule has 3 heteroatoms. The number of hydrogen-bond acceptors (Lipinski definition) is 3. The van der Waals surface area contributed by atoms with Crippen LogP contribution in [0.25, 0.3) is 0 Å². The molecule has 0 bridgehead atoms.